The van der Waals surface area contributed by atoms with E-state index in [-0.39, 0.29) is 0 Å². The van der Waals surface area contributed by atoms with Crippen LogP contribution in [0.15, 0.2) is 0 Å². The largest absolute Gasteiger partial charge is 0.312 e. The van der Waals surface area contributed by atoms with Crippen molar-refractivity contribution in [2.45, 2.75) is 19.4 Å². The molecular formula is C6H13NS. The molecule has 1 aliphatic heterocycles. The summed E-state index contributed by atoms with van der Waals surface area (Å²) in [7, 11) is 0. The van der Waals surface area contributed by atoms with Crippen molar-refractivity contribution in [3.8, 4) is 0 Å². The molecule has 1 atom stereocenters. The Bertz CT molecular complexity index is 59.5. The van der Waals surface area contributed by atoms with E-state index in [1.54, 1.807) is 0 Å². The van der Waals surface area contributed by atoms with Crippen molar-refractivity contribution >= 4 is 11.8 Å². The van der Waals surface area contributed by atoms with Gasteiger partial charge in [-0.05, 0) is 6.42 Å². The monoisotopic (exact) mass is 131 g/mol. The number of thioether (sulfide) groups is 1. The van der Waals surface area contributed by atoms with E-state index in [2.05, 4.69) is 24.0 Å². The summed E-state index contributed by atoms with van der Waals surface area (Å²) in [4.78, 5) is 0. The Labute approximate surface area is 55.2 Å². The van der Waals surface area contributed by atoms with Crippen LogP contribution in [-0.2, 0) is 0 Å². The maximum atomic E-state index is 3.45. The smallest absolute Gasteiger partial charge is 0.0155 e. The van der Waals surface area contributed by atoms with E-state index in [0.717, 1.165) is 6.04 Å². The van der Waals surface area contributed by atoms with Gasteiger partial charge in [0, 0.05) is 24.1 Å². The molecule has 0 radical (unpaired) electrons. The van der Waals surface area contributed by atoms with E-state index < -0.39 is 0 Å². The third-order valence-electron chi connectivity index (χ3n) is 1.49. The molecule has 48 valence electrons. The van der Waals surface area contributed by atoms with Gasteiger partial charge in [-0.2, -0.15) is 11.8 Å². The SMILES string of the molecule is CC[C@H]1CSCCN1. The Balaban J connectivity index is 2.13. The maximum absolute atomic E-state index is 3.45. The van der Waals surface area contributed by atoms with Gasteiger partial charge in [0.15, 0.2) is 0 Å². The van der Waals surface area contributed by atoms with Crippen molar-refractivity contribution < 1.29 is 0 Å². The Hall–Kier alpha value is 0.310. The molecule has 0 amide bonds. The first-order valence-electron chi connectivity index (χ1n) is 3.24. The number of nitrogens with one attached hydrogen (secondary N) is 1. The lowest BCUT2D eigenvalue weighted by molar-refractivity contribution is 0.551. The summed E-state index contributed by atoms with van der Waals surface area (Å²) in [5.41, 5.74) is 0. The zero-order chi connectivity index (χ0) is 5.82. The summed E-state index contributed by atoms with van der Waals surface area (Å²) < 4.78 is 0. The topological polar surface area (TPSA) is 12.0 Å². The molecule has 1 nitrogen and oxygen atoms in total. The van der Waals surface area contributed by atoms with Crippen LogP contribution in [-0.4, -0.2) is 24.1 Å². The highest BCUT2D eigenvalue weighted by molar-refractivity contribution is 7.99. The summed E-state index contributed by atoms with van der Waals surface area (Å²) in [6.07, 6.45) is 1.28. The third kappa shape index (κ3) is 1.67. The van der Waals surface area contributed by atoms with Gasteiger partial charge in [0.2, 0.25) is 0 Å². The lowest BCUT2D eigenvalue weighted by Gasteiger charge is -2.20. The highest BCUT2D eigenvalue weighted by atomic mass is 32.2. The first kappa shape index (κ1) is 6.43. The minimum absolute atomic E-state index is 0.800. The molecule has 0 saturated carbocycles. The first-order chi connectivity index (χ1) is 3.93. The molecule has 0 aromatic heterocycles. The fraction of sp³-hybridized carbons (Fsp3) is 1.00. The maximum Gasteiger partial charge on any atom is 0.0155 e. The van der Waals surface area contributed by atoms with Gasteiger partial charge in [-0.1, -0.05) is 6.92 Å². The molecule has 0 aromatic carbocycles. The fourth-order valence-electron chi connectivity index (χ4n) is 0.882. The Kier molecular flexibility index (Phi) is 2.70. The summed E-state index contributed by atoms with van der Waals surface area (Å²) >= 11 is 2.07. The second kappa shape index (κ2) is 3.36. The standard InChI is InChI=1S/C6H13NS/c1-2-6-5-8-4-3-7-6/h6-7H,2-5H2,1H3/t6-/m0/s1. The summed E-state index contributed by atoms with van der Waals surface area (Å²) in [5, 5.41) is 3.45. The van der Waals surface area contributed by atoms with Crippen LogP contribution in [0.5, 0.6) is 0 Å². The molecule has 1 N–H and O–H groups in total. The van der Waals surface area contributed by atoms with E-state index in [4.69, 9.17) is 0 Å². The molecule has 1 saturated heterocycles. The average molecular weight is 131 g/mol. The molecule has 0 spiro atoms. The average Bonchev–Trinajstić information content (AvgIpc) is 1.90. The van der Waals surface area contributed by atoms with Crippen LogP contribution in [0.4, 0.5) is 0 Å². The highest BCUT2D eigenvalue weighted by Gasteiger charge is 2.08. The van der Waals surface area contributed by atoms with E-state index in [9.17, 15) is 0 Å². The minimum Gasteiger partial charge on any atom is -0.312 e. The normalized spacial score (nSPS) is 30.4. The molecule has 0 bridgehead atoms. The lowest BCUT2D eigenvalue weighted by atomic mass is 10.2. The number of rotatable bonds is 1. The third-order valence-corrected chi connectivity index (χ3v) is 2.62. The predicted octanol–water partition coefficient (Wildman–Crippen LogP) is 1.10. The Morgan fingerprint density at radius 3 is 3.00 bits per heavy atom. The van der Waals surface area contributed by atoms with Crippen LogP contribution in [0.25, 0.3) is 0 Å². The van der Waals surface area contributed by atoms with Crippen molar-refractivity contribution in [2.75, 3.05) is 18.1 Å². The van der Waals surface area contributed by atoms with Crippen molar-refractivity contribution in [3.63, 3.8) is 0 Å². The van der Waals surface area contributed by atoms with E-state index in [1.807, 2.05) is 0 Å². The molecule has 0 aliphatic carbocycles. The lowest BCUT2D eigenvalue weighted by Crippen LogP contribution is -2.36. The van der Waals surface area contributed by atoms with Crippen molar-refractivity contribution in [1.82, 2.24) is 5.32 Å². The van der Waals surface area contributed by atoms with E-state index in [1.165, 1.54) is 24.5 Å². The van der Waals surface area contributed by atoms with Crippen molar-refractivity contribution in [3.05, 3.63) is 0 Å². The Morgan fingerprint density at radius 2 is 2.62 bits per heavy atom. The zero-order valence-electron chi connectivity index (χ0n) is 5.31. The van der Waals surface area contributed by atoms with Gasteiger partial charge in [-0.25, -0.2) is 0 Å². The Morgan fingerprint density at radius 1 is 1.75 bits per heavy atom. The molecule has 8 heavy (non-hydrogen) atoms. The van der Waals surface area contributed by atoms with Gasteiger partial charge < -0.3 is 5.32 Å². The van der Waals surface area contributed by atoms with Gasteiger partial charge >= 0.3 is 0 Å². The minimum atomic E-state index is 0.800. The molecule has 1 heterocycles. The van der Waals surface area contributed by atoms with Crippen LogP contribution in [0.2, 0.25) is 0 Å². The molecular weight excluding hydrogens is 118 g/mol. The second-order valence-electron chi connectivity index (χ2n) is 2.13. The molecule has 2 heteroatoms. The summed E-state index contributed by atoms with van der Waals surface area (Å²) in [6, 6.07) is 0.800. The quantitative estimate of drug-likeness (QED) is 0.572. The second-order valence-corrected chi connectivity index (χ2v) is 3.28. The highest BCUT2D eigenvalue weighted by Crippen LogP contribution is 2.08. The molecule has 1 fully saturated rings. The molecule has 1 aliphatic rings. The van der Waals surface area contributed by atoms with Crippen molar-refractivity contribution in [1.29, 1.82) is 0 Å². The van der Waals surface area contributed by atoms with E-state index in [0.29, 0.717) is 0 Å². The zero-order valence-corrected chi connectivity index (χ0v) is 6.13. The molecule has 1 rings (SSSR count). The molecule has 0 unspecified atom stereocenters. The fourth-order valence-corrected chi connectivity index (χ4v) is 1.95. The van der Waals surface area contributed by atoms with Crippen LogP contribution in [0.3, 0.4) is 0 Å². The van der Waals surface area contributed by atoms with Gasteiger partial charge in [0.25, 0.3) is 0 Å². The van der Waals surface area contributed by atoms with E-state index >= 15 is 0 Å². The summed E-state index contributed by atoms with van der Waals surface area (Å²) in [6.45, 7) is 3.45. The molecule has 0 aromatic rings. The van der Waals surface area contributed by atoms with Crippen LogP contribution < -0.4 is 5.32 Å². The van der Waals surface area contributed by atoms with Crippen LogP contribution in [0.1, 0.15) is 13.3 Å². The van der Waals surface area contributed by atoms with Gasteiger partial charge in [-0.15, -0.1) is 0 Å². The van der Waals surface area contributed by atoms with Crippen LogP contribution in [0, 0.1) is 0 Å². The first-order valence-corrected chi connectivity index (χ1v) is 4.40. The number of hydrogen-bond acceptors (Lipinski definition) is 2. The van der Waals surface area contributed by atoms with Gasteiger partial charge in [-0.3, -0.25) is 0 Å². The number of hydrogen-bond donors (Lipinski definition) is 1. The van der Waals surface area contributed by atoms with Crippen LogP contribution >= 0.6 is 11.8 Å². The predicted molar refractivity (Wildman–Crippen MR) is 39.4 cm³/mol. The van der Waals surface area contributed by atoms with Gasteiger partial charge in [0.1, 0.15) is 0 Å². The van der Waals surface area contributed by atoms with Crippen molar-refractivity contribution in [2.24, 2.45) is 0 Å². The van der Waals surface area contributed by atoms with Gasteiger partial charge in [0.05, 0.1) is 0 Å². The summed E-state index contributed by atoms with van der Waals surface area (Å²) in [5.74, 6) is 2.62.